The number of carbonyl (C=O) groups excluding carboxylic acids is 2. The molecule has 0 aromatic heterocycles. The second-order valence-corrected chi connectivity index (χ2v) is 4.81. The number of carbonyl (C=O) groups is 2. The molecule has 0 spiro atoms. The van der Waals surface area contributed by atoms with Crippen LogP contribution in [0.2, 0.25) is 0 Å². The molecule has 17 heavy (non-hydrogen) atoms. The van der Waals surface area contributed by atoms with Crippen LogP contribution in [-0.2, 0) is 11.2 Å². The van der Waals surface area contributed by atoms with Crippen molar-refractivity contribution in [1.82, 2.24) is 4.90 Å². The number of fused-ring (bicyclic) bond motifs is 1. The Kier molecular flexibility index (Phi) is 2.46. The van der Waals surface area contributed by atoms with Gasteiger partial charge in [0.2, 0.25) is 5.91 Å². The lowest BCUT2D eigenvalue weighted by atomic mass is 10.0. The van der Waals surface area contributed by atoms with Crippen molar-refractivity contribution in [2.45, 2.75) is 19.3 Å². The maximum absolute atomic E-state index is 12.2. The first-order valence-corrected chi connectivity index (χ1v) is 6.18. The second kappa shape index (κ2) is 3.99. The van der Waals surface area contributed by atoms with Gasteiger partial charge in [0.1, 0.15) is 5.92 Å². The quantitative estimate of drug-likeness (QED) is 0.687. The summed E-state index contributed by atoms with van der Waals surface area (Å²) in [7, 11) is 0. The molecular weight excluding hydrogens is 214 g/mol. The molecule has 0 saturated carbocycles. The number of likely N-dealkylation sites (tertiary alicyclic amines) is 1. The predicted octanol–water partition coefficient (Wildman–Crippen LogP) is 1.66. The number of amides is 1. The van der Waals surface area contributed by atoms with E-state index in [1.54, 1.807) is 0 Å². The molecule has 0 radical (unpaired) electrons. The Labute approximate surface area is 100 Å². The van der Waals surface area contributed by atoms with Crippen molar-refractivity contribution in [3.8, 4) is 0 Å². The van der Waals surface area contributed by atoms with E-state index in [1.165, 1.54) is 0 Å². The van der Waals surface area contributed by atoms with E-state index < -0.39 is 5.92 Å². The average molecular weight is 229 g/mol. The molecule has 3 heteroatoms. The van der Waals surface area contributed by atoms with Crippen molar-refractivity contribution in [1.29, 1.82) is 0 Å². The Morgan fingerprint density at radius 3 is 2.59 bits per heavy atom. The summed E-state index contributed by atoms with van der Waals surface area (Å²) in [5.74, 6) is -0.410. The highest BCUT2D eigenvalue weighted by Gasteiger charge is 2.38. The van der Waals surface area contributed by atoms with E-state index >= 15 is 0 Å². The van der Waals surface area contributed by atoms with Gasteiger partial charge in [0.25, 0.3) is 0 Å². The number of Topliss-reactive ketones (excluding diaryl/α,β-unsaturated/α-hetero) is 1. The van der Waals surface area contributed by atoms with Crippen molar-refractivity contribution in [2.24, 2.45) is 5.92 Å². The summed E-state index contributed by atoms with van der Waals surface area (Å²) in [5.41, 5.74) is 1.76. The molecule has 1 aliphatic heterocycles. The number of nitrogens with zero attached hydrogens (tertiary/aromatic N) is 1. The van der Waals surface area contributed by atoms with E-state index in [1.807, 2.05) is 29.2 Å². The molecule has 1 atom stereocenters. The molecule has 1 heterocycles. The molecule has 1 aromatic rings. The molecule has 1 fully saturated rings. The second-order valence-electron chi connectivity index (χ2n) is 4.81. The van der Waals surface area contributed by atoms with Gasteiger partial charge in [0.05, 0.1) is 0 Å². The summed E-state index contributed by atoms with van der Waals surface area (Å²) in [4.78, 5) is 26.2. The Balaban J connectivity index is 1.84. The number of ketones is 1. The van der Waals surface area contributed by atoms with Crippen molar-refractivity contribution in [3.05, 3.63) is 35.4 Å². The fourth-order valence-electron chi connectivity index (χ4n) is 2.80. The summed E-state index contributed by atoms with van der Waals surface area (Å²) in [6, 6.07) is 7.56. The Morgan fingerprint density at radius 2 is 1.88 bits per heavy atom. The van der Waals surface area contributed by atoms with Gasteiger partial charge in [0.15, 0.2) is 5.78 Å². The largest absolute Gasteiger partial charge is 0.342 e. The smallest absolute Gasteiger partial charge is 0.233 e. The molecule has 88 valence electrons. The molecule has 1 aromatic carbocycles. The molecule has 3 nitrogen and oxygen atoms in total. The minimum absolute atomic E-state index is 0.0116. The van der Waals surface area contributed by atoms with Crippen LogP contribution >= 0.6 is 0 Å². The van der Waals surface area contributed by atoms with E-state index in [0.717, 1.165) is 37.1 Å². The highest BCUT2D eigenvalue weighted by molar-refractivity contribution is 6.13. The zero-order valence-corrected chi connectivity index (χ0v) is 9.69. The van der Waals surface area contributed by atoms with E-state index in [2.05, 4.69) is 0 Å². The van der Waals surface area contributed by atoms with Crippen LogP contribution in [0.5, 0.6) is 0 Å². The highest BCUT2D eigenvalue weighted by atomic mass is 16.2. The predicted molar refractivity (Wildman–Crippen MR) is 63.8 cm³/mol. The number of benzene rings is 1. The molecule has 2 aliphatic rings. The van der Waals surface area contributed by atoms with Crippen molar-refractivity contribution in [2.75, 3.05) is 13.1 Å². The first-order chi connectivity index (χ1) is 8.27. The van der Waals surface area contributed by atoms with Gasteiger partial charge in [-0.15, -0.1) is 0 Å². The van der Waals surface area contributed by atoms with Gasteiger partial charge in [-0.1, -0.05) is 24.3 Å². The Bertz CT molecular complexity index is 475. The van der Waals surface area contributed by atoms with Crippen molar-refractivity contribution < 1.29 is 9.59 Å². The van der Waals surface area contributed by atoms with Gasteiger partial charge in [-0.3, -0.25) is 9.59 Å². The Morgan fingerprint density at radius 1 is 1.18 bits per heavy atom. The number of hydrogen-bond donors (Lipinski definition) is 0. The fraction of sp³-hybridized carbons (Fsp3) is 0.429. The minimum Gasteiger partial charge on any atom is -0.342 e. The summed E-state index contributed by atoms with van der Waals surface area (Å²) < 4.78 is 0. The molecule has 1 aliphatic carbocycles. The van der Waals surface area contributed by atoms with Crippen LogP contribution in [0.15, 0.2) is 24.3 Å². The lowest BCUT2D eigenvalue weighted by Crippen LogP contribution is -2.36. The summed E-state index contributed by atoms with van der Waals surface area (Å²) in [6.07, 6.45) is 2.73. The third-order valence-electron chi connectivity index (χ3n) is 3.74. The van der Waals surface area contributed by atoms with Gasteiger partial charge in [-0.05, 0) is 24.8 Å². The van der Waals surface area contributed by atoms with Gasteiger partial charge in [0, 0.05) is 18.7 Å². The number of rotatable bonds is 1. The maximum Gasteiger partial charge on any atom is 0.233 e. The average Bonchev–Trinajstić information content (AvgIpc) is 2.97. The maximum atomic E-state index is 12.2. The Hall–Kier alpha value is -1.64. The van der Waals surface area contributed by atoms with Crippen LogP contribution < -0.4 is 0 Å². The fourth-order valence-corrected chi connectivity index (χ4v) is 2.80. The summed E-state index contributed by atoms with van der Waals surface area (Å²) in [6.45, 7) is 1.64. The SMILES string of the molecule is O=C1c2ccccc2CC1C(=O)N1CCCC1. The van der Waals surface area contributed by atoms with E-state index in [9.17, 15) is 9.59 Å². The standard InChI is InChI=1S/C14H15NO2/c16-13-11-6-2-1-5-10(11)9-12(13)14(17)15-7-3-4-8-15/h1-2,5-6,12H,3-4,7-9H2. The van der Waals surface area contributed by atoms with Crippen LogP contribution in [0.4, 0.5) is 0 Å². The zero-order chi connectivity index (χ0) is 11.8. The van der Waals surface area contributed by atoms with Crippen LogP contribution in [0.1, 0.15) is 28.8 Å². The van der Waals surface area contributed by atoms with Crippen LogP contribution in [-0.4, -0.2) is 29.7 Å². The molecule has 1 saturated heterocycles. The monoisotopic (exact) mass is 229 g/mol. The molecule has 0 N–H and O–H groups in total. The van der Waals surface area contributed by atoms with Crippen molar-refractivity contribution >= 4 is 11.7 Å². The van der Waals surface area contributed by atoms with Gasteiger partial charge >= 0.3 is 0 Å². The van der Waals surface area contributed by atoms with Crippen molar-refractivity contribution in [3.63, 3.8) is 0 Å². The highest BCUT2D eigenvalue weighted by Crippen LogP contribution is 2.28. The number of hydrogen-bond acceptors (Lipinski definition) is 2. The third-order valence-corrected chi connectivity index (χ3v) is 3.74. The van der Waals surface area contributed by atoms with Crippen LogP contribution in [0, 0.1) is 5.92 Å². The molecular formula is C14H15NO2. The minimum atomic E-state index is -0.453. The molecule has 1 unspecified atom stereocenters. The van der Waals surface area contributed by atoms with E-state index in [0.29, 0.717) is 6.42 Å². The summed E-state index contributed by atoms with van der Waals surface area (Å²) in [5, 5.41) is 0. The molecule has 1 amide bonds. The van der Waals surface area contributed by atoms with Gasteiger partial charge in [-0.2, -0.15) is 0 Å². The lowest BCUT2D eigenvalue weighted by Gasteiger charge is -2.18. The van der Waals surface area contributed by atoms with Crippen LogP contribution in [0.3, 0.4) is 0 Å². The zero-order valence-electron chi connectivity index (χ0n) is 9.69. The molecule has 3 rings (SSSR count). The summed E-state index contributed by atoms with van der Waals surface area (Å²) >= 11 is 0. The molecule has 0 bridgehead atoms. The normalized spacial score (nSPS) is 22.9. The third kappa shape index (κ3) is 1.66. The van der Waals surface area contributed by atoms with Gasteiger partial charge in [-0.25, -0.2) is 0 Å². The first-order valence-electron chi connectivity index (χ1n) is 6.18. The lowest BCUT2D eigenvalue weighted by molar-refractivity contribution is -0.132. The topological polar surface area (TPSA) is 37.4 Å². The van der Waals surface area contributed by atoms with Gasteiger partial charge < -0.3 is 4.90 Å². The van der Waals surface area contributed by atoms with Crippen LogP contribution in [0.25, 0.3) is 0 Å². The van der Waals surface area contributed by atoms with E-state index in [4.69, 9.17) is 0 Å². The first kappa shape index (κ1) is 10.5. The van der Waals surface area contributed by atoms with E-state index in [-0.39, 0.29) is 11.7 Å².